The van der Waals surface area contributed by atoms with Gasteiger partial charge in [-0.15, -0.1) is 17.3 Å². The Kier molecular flexibility index (Phi) is 2.62. The van der Waals surface area contributed by atoms with Crippen LogP contribution < -0.4 is 0 Å². The van der Waals surface area contributed by atoms with Crippen molar-refractivity contribution >= 4 is 11.3 Å². The molecule has 0 saturated carbocycles. The molecule has 0 N–H and O–H groups in total. The van der Waals surface area contributed by atoms with E-state index in [2.05, 4.69) is 29.0 Å². The average molecular weight is 199 g/mol. The van der Waals surface area contributed by atoms with Crippen LogP contribution in [0.5, 0.6) is 0 Å². The standard InChI is InChI=1S/C12H9NS/c1-2-4-11-6-7-12(14-11)10-5-3-8-13-9-10/h3,5-9H,1H3. The molecule has 68 valence electrons. The van der Waals surface area contributed by atoms with Crippen molar-refractivity contribution in [2.45, 2.75) is 6.92 Å². The molecule has 0 aliphatic rings. The van der Waals surface area contributed by atoms with Crippen LogP contribution in [0, 0.1) is 11.8 Å². The molecule has 0 aliphatic carbocycles. The van der Waals surface area contributed by atoms with Gasteiger partial charge in [0.1, 0.15) is 0 Å². The van der Waals surface area contributed by atoms with Gasteiger partial charge in [0, 0.05) is 22.8 Å². The number of nitrogens with zero attached hydrogens (tertiary/aromatic N) is 1. The van der Waals surface area contributed by atoms with Crippen LogP contribution in [0.3, 0.4) is 0 Å². The summed E-state index contributed by atoms with van der Waals surface area (Å²) in [6, 6.07) is 8.13. The molecule has 0 atom stereocenters. The fourth-order valence-corrected chi connectivity index (χ4v) is 2.09. The highest BCUT2D eigenvalue weighted by Gasteiger charge is 1.99. The van der Waals surface area contributed by atoms with Crippen molar-refractivity contribution in [1.29, 1.82) is 0 Å². The van der Waals surface area contributed by atoms with Crippen LogP contribution >= 0.6 is 11.3 Å². The average Bonchev–Trinajstić information content (AvgIpc) is 2.68. The van der Waals surface area contributed by atoms with Gasteiger partial charge in [-0.05, 0) is 25.1 Å². The van der Waals surface area contributed by atoms with E-state index in [-0.39, 0.29) is 0 Å². The maximum Gasteiger partial charge on any atom is 0.0774 e. The van der Waals surface area contributed by atoms with Crippen molar-refractivity contribution in [1.82, 2.24) is 4.98 Å². The first-order valence-electron chi connectivity index (χ1n) is 4.33. The molecule has 2 aromatic rings. The lowest BCUT2D eigenvalue weighted by atomic mass is 10.2. The van der Waals surface area contributed by atoms with Gasteiger partial charge in [-0.25, -0.2) is 0 Å². The molecule has 0 unspecified atom stereocenters. The normalized spacial score (nSPS) is 9.21. The molecule has 1 nitrogen and oxygen atoms in total. The Morgan fingerprint density at radius 2 is 2.21 bits per heavy atom. The van der Waals surface area contributed by atoms with E-state index >= 15 is 0 Å². The summed E-state index contributed by atoms with van der Waals surface area (Å²) in [6.07, 6.45) is 3.65. The second-order valence-corrected chi connectivity index (χ2v) is 3.86. The molecule has 14 heavy (non-hydrogen) atoms. The van der Waals surface area contributed by atoms with Crippen molar-refractivity contribution in [3.05, 3.63) is 41.5 Å². The van der Waals surface area contributed by atoms with Crippen LogP contribution in [0.15, 0.2) is 36.7 Å². The summed E-state index contributed by atoms with van der Waals surface area (Å²) in [4.78, 5) is 6.41. The Morgan fingerprint density at radius 3 is 2.93 bits per heavy atom. The molecule has 0 amide bonds. The van der Waals surface area contributed by atoms with Gasteiger partial charge >= 0.3 is 0 Å². The molecule has 2 heterocycles. The van der Waals surface area contributed by atoms with E-state index < -0.39 is 0 Å². The molecule has 0 bridgehead atoms. The van der Waals surface area contributed by atoms with Crippen molar-refractivity contribution in [3.63, 3.8) is 0 Å². The van der Waals surface area contributed by atoms with E-state index in [1.807, 2.05) is 25.3 Å². The molecule has 0 aromatic carbocycles. The number of thiophene rings is 1. The van der Waals surface area contributed by atoms with Gasteiger partial charge in [0.05, 0.1) is 4.88 Å². The summed E-state index contributed by atoms with van der Waals surface area (Å²) in [5.41, 5.74) is 1.15. The van der Waals surface area contributed by atoms with Gasteiger partial charge in [0.15, 0.2) is 0 Å². The van der Waals surface area contributed by atoms with E-state index in [4.69, 9.17) is 0 Å². The second-order valence-electron chi connectivity index (χ2n) is 2.78. The number of pyridine rings is 1. The molecule has 0 radical (unpaired) electrons. The molecular weight excluding hydrogens is 190 g/mol. The predicted octanol–water partition coefficient (Wildman–Crippen LogP) is 3.18. The topological polar surface area (TPSA) is 12.9 Å². The lowest BCUT2D eigenvalue weighted by molar-refractivity contribution is 1.33. The van der Waals surface area contributed by atoms with Gasteiger partial charge < -0.3 is 0 Å². The maximum absolute atomic E-state index is 4.09. The minimum Gasteiger partial charge on any atom is -0.264 e. The zero-order valence-corrected chi connectivity index (χ0v) is 8.64. The molecule has 0 aliphatic heterocycles. The fraction of sp³-hybridized carbons (Fsp3) is 0.0833. The van der Waals surface area contributed by atoms with E-state index in [9.17, 15) is 0 Å². The van der Waals surface area contributed by atoms with Gasteiger partial charge in [-0.1, -0.05) is 12.0 Å². The highest BCUT2D eigenvalue weighted by Crippen LogP contribution is 2.26. The number of rotatable bonds is 1. The van der Waals surface area contributed by atoms with Gasteiger partial charge in [0.2, 0.25) is 0 Å². The molecule has 0 spiro atoms. The first-order chi connectivity index (χ1) is 6.90. The van der Waals surface area contributed by atoms with Gasteiger partial charge in [0.25, 0.3) is 0 Å². The lowest BCUT2D eigenvalue weighted by Gasteiger charge is -1.92. The third-order valence-corrected chi connectivity index (χ3v) is 2.85. The summed E-state index contributed by atoms with van der Waals surface area (Å²) < 4.78 is 0. The summed E-state index contributed by atoms with van der Waals surface area (Å²) in [5, 5.41) is 0. The predicted molar refractivity (Wildman–Crippen MR) is 60.1 cm³/mol. The maximum atomic E-state index is 4.09. The second kappa shape index (κ2) is 4.08. The van der Waals surface area contributed by atoms with Crippen LogP contribution in [-0.2, 0) is 0 Å². The quantitative estimate of drug-likeness (QED) is 0.643. The summed E-state index contributed by atoms with van der Waals surface area (Å²) >= 11 is 1.70. The molecule has 0 fully saturated rings. The van der Waals surface area contributed by atoms with Crippen LogP contribution in [0.1, 0.15) is 11.8 Å². The molecule has 2 rings (SSSR count). The number of hydrogen-bond donors (Lipinski definition) is 0. The highest BCUT2D eigenvalue weighted by molar-refractivity contribution is 7.16. The zero-order valence-electron chi connectivity index (χ0n) is 7.82. The van der Waals surface area contributed by atoms with Crippen molar-refractivity contribution < 1.29 is 0 Å². The third-order valence-electron chi connectivity index (χ3n) is 1.80. The molecule has 2 heteroatoms. The van der Waals surface area contributed by atoms with E-state index in [1.165, 1.54) is 4.88 Å². The summed E-state index contributed by atoms with van der Waals surface area (Å²) in [5.74, 6) is 5.94. The number of aromatic nitrogens is 1. The summed E-state index contributed by atoms with van der Waals surface area (Å²) in [6.45, 7) is 1.85. The number of hydrogen-bond acceptors (Lipinski definition) is 2. The van der Waals surface area contributed by atoms with E-state index in [1.54, 1.807) is 17.5 Å². The minimum atomic E-state index is 1.10. The third kappa shape index (κ3) is 1.84. The SMILES string of the molecule is CC#Cc1ccc(-c2cccnc2)s1. The zero-order chi connectivity index (χ0) is 9.80. The monoisotopic (exact) mass is 199 g/mol. The van der Waals surface area contributed by atoms with Crippen LogP contribution in [-0.4, -0.2) is 4.98 Å². The Labute approximate surface area is 87.4 Å². The Balaban J connectivity index is 2.37. The van der Waals surface area contributed by atoms with E-state index in [0.717, 1.165) is 10.4 Å². The molecular formula is C12H9NS. The first-order valence-corrected chi connectivity index (χ1v) is 5.15. The summed E-state index contributed by atoms with van der Waals surface area (Å²) in [7, 11) is 0. The molecule has 2 aromatic heterocycles. The van der Waals surface area contributed by atoms with Gasteiger partial charge in [-0.3, -0.25) is 4.98 Å². The van der Waals surface area contributed by atoms with Crippen molar-refractivity contribution in [2.24, 2.45) is 0 Å². The van der Waals surface area contributed by atoms with Crippen LogP contribution in [0.2, 0.25) is 0 Å². The van der Waals surface area contributed by atoms with Crippen LogP contribution in [0.4, 0.5) is 0 Å². The highest BCUT2D eigenvalue weighted by atomic mass is 32.1. The van der Waals surface area contributed by atoms with Crippen molar-refractivity contribution in [3.8, 4) is 22.3 Å². The first kappa shape index (κ1) is 8.98. The van der Waals surface area contributed by atoms with Crippen LogP contribution in [0.25, 0.3) is 10.4 Å². The fourth-order valence-electron chi connectivity index (χ4n) is 1.19. The Morgan fingerprint density at radius 1 is 1.29 bits per heavy atom. The van der Waals surface area contributed by atoms with Crippen molar-refractivity contribution in [2.75, 3.05) is 0 Å². The minimum absolute atomic E-state index is 1.10. The van der Waals surface area contributed by atoms with E-state index in [0.29, 0.717) is 0 Å². The lowest BCUT2D eigenvalue weighted by Crippen LogP contribution is -1.72. The Hall–Kier alpha value is -1.59. The molecule has 0 saturated heterocycles. The Bertz CT molecular complexity index is 474. The smallest absolute Gasteiger partial charge is 0.0774 e. The largest absolute Gasteiger partial charge is 0.264 e. The van der Waals surface area contributed by atoms with Gasteiger partial charge in [-0.2, -0.15) is 0 Å².